The van der Waals surface area contributed by atoms with Crippen molar-refractivity contribution in [2.75, 3.05) is 19.7 Å². The number of halogens is 1. The van der Waals surface area contributed by atoms with E-state index < -0.39 is 5.54 Å². The van der Waals surface area contributed by atoms with Gasteiger partial charge in [0.05, 0.1) is 10.7 Å². The highest BCUT2D eigenvalue weighted by Gasteiger charge is 2.39. The number of benzene rings is 2. The van der Waals surface area contributed by atoms with Crippen LogP contribution in [0.15, 0.2) is 65.4 Å². The Balaban J connectivity index is 1.26. The minimum absolute atomic E-state index is 0.0385. The molecule has 0 radical (unpaired) electrons. The molecule has 0 spiro atoms. The molecule has 0 bridgehead atoms. The van der Waals surface area contributed by atoms with Gasteiger partial charge in [0, 0.05) is 25.2 Å². The Hall–Kier alpha value is -2.93. The van der Waals surface area contributed by atoms with E-state index in [-0.39, 0.29) is 12.0 Å². The molecule has 5 rings (SSSR count). The predicted octanol–water partition coefficient (Wildman–Crippen LogP) is 4.58. The van der Waals surface area contributed by atoms with Gasteiger partial charge in [-0.3, -0.25) is 4.68 Å². The highest BCUT2D eigenvalue weighted by molar-refractivity contribution is 9.10. The molecule has 158 valence electrons. The number of aromatic nitrogens is 2. The number of hydrogen-bond donors (Lipinski definition) is 0. The first-order valence-electron chi connectivity index (χ1n) is 10.4. The van der Waals surface area contributed by atoms with Gasteiger partial charge in [-0.25, -0.2) is 4.79 Å². The van der Waals surface area contributed by atoms with Crippen molar-refractivity contribution in [3.8, 4) is 11.1 Å². The minimum Gasteiger partial charge on any atom is -0.448 e. The third kappa shape index (κ3) is 3.47. The lowest BCUT2D eigenvalue weighted by Crippen LogP contribution is -2.49. The van der Waals surface area contributed by atoms with Gasteiger partial charge in [-0.1, -0.05) is 48.5 Å². The van der Waals surface area contributed by atoms with Crippen LogP contribution < -0.4 is 0 Å². The lowest BCUT2D eigenvalue weighted by molar-refractivity contribution is -0.118. The van der Waals surface area contributed by atoms with E-state index in [1.165, 1.54) is 22.3 Å². The number of rotatable bonds is 4. The molecule has 1 aromatic heterocycles. The van der Waals surface area contributed by atoms with Crippen molar-refractivity contribution in [2.45, 2.75) is 24.3 Å². The predicted molar refractivity (Wildman–Crippen MR) is 120 cm³/mol. The maximum Gasteiger partial charge on any atom is 0.409 e. The normalized spacial score (nSPS) is 17.1. The Morgan fingerprint density at radius 3 is 2.26 bits per heavy atom. The summed E-state index contributed by atoms with van der Waals surface area (Å²) in [6.45, 7) is 1.20. The Labute approximate surface area is 188 Å². The summed E-state index contributed by atoms with van der Waals surface area (Å²) in [7, 11) is 0. The summed E-state index contributed by atoms with van der Waals surface area (Å²) in [6.07, 6.45) is 5.11. The van der Waals surface area contributed by atoms with Crippen LogP contribution in [0.3, 0.4) is 0 Å². The number of fused-ring (bicyclic) bond motifs is 3. The molecule has 31 heavy (non-hydrogen) atoms. The van der Waals surface area contributed by atoms with Gasteiger partial charge in [0.15, 0.2) is 0 Å². The molecule has 2 aliphatic rings. The zero-order chi connectivity index (χ0) is 21.4. The molecular weight excluding hydrogens is 458 g/mol. The van der Waals surface area contributed by atoms with Crippen LogP contribution in [0.5, 0.6) is 0 Å². The number of piperidine rings is 1. The van der Waals surface area contributed by atoms with Crippen LogP contribution in [0, 0.1) is 0 Å². The molecule has 6 nitrogen and oxygen atoms in total. The van der Waals surface area contributed by atoms with E-state index in [0.717, 1.165) is 10.8 Å². The monoisotopic (exact) mass is 479 g/mol. The summed E-state index contributed by atoms with van der Waals surface area (Å²) in [5.41, 5.74) is 4.09. The number of hydrogen-bond acceptors (Lipinski definition) is 4. The van der Waals surface area contributed by atoms with Crippen molar-refractivity contribution in [2.24, 2.45) is 0 Å². The van der Waals surface area contributed by atoms with Gasteiger partial charge in [-0.05, 0) is 51.0 Å². The Morgan fingerprint density at radius 2 is 1.71 bits per heavy atom. The highest BCUT2D eigenvalue weighted by Crippen LogP contribution is 2.44. The number of aldehydes is 1. The number of carbonyl (C=O) groups is 2. The minimum atomic E-state index is -0.716. The standard InChI is InChI=1S/C24H22BrN3O3/c25-17-13-26-28(14-17)24(16-29)9-11-27(12-10-24)23(30)31-15-22-20-7-3-1-5-18(20)19-6-2-4-8-21(19)22/h1-8,13-14,16,22H,9-12,15H2. The molecule has 0 atom stereocenters. The van der Waals surface area contributed by atoms with Crippen LogP contribution in [0.25, 0.3) is 11.1 Å². The summed E-state index contributed by atoms with van der Waals surface area (Å²) >= 11 is 3.38. The average Bonchev–Trinajstić information content (AvgIpc) is 3.39. The van der Waals surface area contributed by atoms with Crippen LogP contribution in [-0.4, -0.2) is 46.8 Å². The van der Waals surface area contributed by atoms with Crippen molar-refractivity contribution >= 4 is 28.3 Å². The molecule has 1 saturated heterocycles. The largest absolute Gasteiger partial charge is 0.448 e. The van der Waals surface area contributed by atoms with E-state index in [1.54, 1.807) is 22.0 Å². The van der Waals surface area contributed by atoms with Crippen molar-refractivity contribution in [1.82, 2.24) is 14.7 Å². The second-order valence-electron chi connectivity index (χ2n) is 8.12. The maximum atomic E-state index is 12.8. The fraction of sp³-hybridized carbons (Fsp3) is 0.292. The van der Waals surface area contributed by atoms with Crippen molar-refractivity contribution in [3.63, 3.8) is 0 Å². The molecule has 2 heterocycles. The lowest BCUT2D eigenvalue weighted by atomic mass is 9.89. The van der Waals surface area contributed by atoms with Crippen LogP contribution in [-0.2, 0) is 15.1 Å². The summed E-state index contributed by atoms with van der Waals surface area (Å²) in [5, 5.41) is 4.29. The Kier molecular flexibility index (Phi) is 5.14. The van der Waals surface area contributed by atoms with Gasteiger partial charge in [-0.2, -0.15) is 5.10 Å². The van der Waals surface area contributed by atoms with E-state index in [1.807, 2.05) is 24.3 Å². The zero-order valence-electron chi connectivity index (χ0n) is 16.9. The molecule has 3 aromatic rings. The number of nitrogens with zero attached hydrogens (tertiary/aromatic N) is 3. The van der Waals surface area contributed by atoms with Crippen molar-refractivity contribution in [1.29, 1.82) is 0 Å². The summed E-state index contributed by atoms with van der Waals surface area (Å²) in [6, 6.07) is 16.6. The fourth-order valence-corrected chi connectivity index (χ4v) is 4.99. The van der Waals surface area contributed by atoms with Gasteiger partial charge in [0.2, 0.25) is 0 Å². The molecule has 0 N–H and O–H groups in total. The Bertz CT molecular complexity index is 1090. The van der Waals surface area contributed by atoms with Crippen LogP contribution in [0.2, 0.25) is 0 Å². The fourth-order valence-electron chi connectivity index (χ4n) is 4.71. The molecule has 0 saturated carbocycles. The lowest BCUT2D eigenvalue weighted by Gasteiger charge is -2.37. The van der Waals surface area contributed by atoms with E-state index >= 15 is 0 Å². The van der Waals surface area contributed by atoms with Crippen LogP contribution in [0.4, 0.5) is 4.79 Å². The average molecular weight is 480 g/mol. The van der Waals surface area contributed by atoms with Crippen LogP contribution >= 0.6 is 15.9 Å². The van der Waals surface area contributed by atoms with Gasteiger partial charge in [-0.15, -0.1) is 0 Å². The third-order valence-electron chi connectivity index (χ3n) is 6.45. The molecule has 1 aliphatic carbocycles. The molecule has 1 aliphatic heterocycles. The first-order chi connectivity index (χ1) is 15.1. The molecular formula is C24H22BrN3O3. The van der Waals surface area contributed by atoms with E-state index in [9.17, 15) is 9.59 Å². The summed E-state index contributed by atoms with van der Waals surface area (Å²) in [5.74, 6) is 0.0385. The van der Waals surface area contributed by atoms with E-state index in [2.05, 4.69) is 45.3 Å². The first-order valence-corrected chi connectivity index (χ1v) is 11.2. The quantitative estimate of drug-likeness (QED) is 0.513. The van der Waals surface area contributed by atoms with E-state index in [0.29, 0.717) is 32.5 Å². The number of likely N-dealkylation sites (tertiary alicyclic amines) is 1. The summed E-state index contributed by atoms with van der Waals surface area (Å²) in [4.78, 5) is 26.4. The SMILES string of the molecule is O=CC1(n2cc(Br)cn2)CCN(C(=O)OCC2c3ccccc3-c3ccccc32)CC1. The molecule has 1 amide bonds. The van der Waals surface area contributed by atoms with Gasteiger partial charge < -0.3 is 14.4 Å². The van der Waals surface area contributed by atoms with E-state index in [4.69, 9.17) is 4.74 Å². The van der Waals surface area contributed by atoms with Gasteiger partial charge in [0.1, 0.15) is 18.4 Å². The Morgan fingerprint density at radius 1 is 1.10 bits per heavy atom. The second kappa shape index (κ2) is 7.96. The molecule has 1 fully saturated rings. The van der Waals surface area contributed by atoms with Gasteiger partial charge >= 0.3 is 6.09 Å². The number of carbonyl (C=O) groups excluding carboxylic acids is 2. The summed E-state index contributed by atoms with van der Waals surface area (Å²) < 4.78 is 8.28. The maximum absolute atomic E-state index is 12.8. The van der Waals surface area contributed by atoms with Crippen LogP contribution in [0.1, 0.15) is 29.9 Å². The number of ether oxygens (including phenoxy) is 1. The smallest absolute Gasteiger partial charge is 0.409 e. The zero-order valence-corrected chi connectivity index (χ0v) is 18.5. The topological polar surface area (TPSA) is 64.4 Å². The number of amides is 1. The van der Waals surface area contributed by atoms with Crippen molar-refractivity contribution in [3.05, 3.63) is 76.5 Å². The highest BCUT2D eigenvalue weighted by atomic mass is 79.9. The third-order valence-corrected chi connectivity index (χ3v) is 6.86. The second-order valence-corrected chi connectivity index (χ2v) is 9.03. The molecule has 0 unspecified atom stereocenters. The van der Waals surface area contributed by atoms with Crippen molar-refractivity contribution < 1.29 is 14.3 Å². The molecule has 2 aromatic carbocycles. The first kappa shape index (κ1) is 20.0. The molecule has 7 heteroatoms. The van der Waals surface area contributed by atoms with Gasteiger partial charge in [0.25, 0.3) is 0 Å².